The fourth-order valence-electron chi connectivity index (χ4n) is 4.15. The molecule has 0 saturated heterocycles. The van der Waals surface area contributed by atoms with Crippen molar-refractivity contribution in [3.8, 4) is 22.4 Å². The van der Waals surface area contributed by atoms with Crippen molar-refractivity contribution in [3.63, 3.8) is 0 Å². The van der Waals surface area contributed by atoms with E-state index in [-0.39, 0.29) is 16.8 Å². The Morgan fingerprint density at radius 2 is 1.49 bits per heavy atom. The topological polar surface area (TPSA) is 72.3 Å². The molecule has 0 radical (unpaired) electrons. The summed E-state index contributed by atoms with van der Waals surface area (Å²) in [6.45, 7) is 4.14. The van der Waals surface area contributed by atoms with Crippen LogP contribution in [0.2, 0.25) is 15.1 Å². The van der Waals surface area contributed by atoms with Gasteiger partial charge >= 0.3 is 0 Å². The quantitative estimate of drug-likeness (QED) is 0.307. The second-order valence-corrected chi connectivity index (χ2v) is 9.38. The third-order valence-electron chi connectivity index (χ3n) is 5.75. The van der Waals surface area contributed by atoms with Crippen molar-refractivity contribution >= 4 is 63.3 Å². The summed E-state index contributed by atoms with van der Waals surface area (Å²) in [6.07, 6.45) is 0. The van der Waals surface area contributed by atoms with E-state index in [1.807, 2.05) is 18.2 Å². The monoisotopic (exact) mass is 527 g/mol. The van der Waals surface area contributed by atoms with Gasteiger partial charge in [-0.1, -0.05) is 46.9 Å². The van der Waals surface area contributed by atoms with E-state index in [0.717, 1.165) is 10.5 Å². The lowest BCUT2D eigenvalue weighted by Crippen LogP contribution is -2.36. The van der Waals surface area contributed by atoms with Crippen LogP contribution in [0.4, 0.5) is 5.69 Å². The van der Waals surface area contributed by atoms with Crippen molar-refractivity contribution < 1.29 is 9.59 Å². The van der Waals surface area contributed by atoms with Crippen LogP contribution in [0, 0.1) is 6.92 Å². The number of anilines is 1. The number of benzene rings is 2. The molecule has 178 valence electrons. The second-order valence-electron chi connectivity index (χ2n) is 8.10. The fraction of sp³-hybridized carbons (Fsp3) is 0.154. The molecule has 35 heavy (non-hydrogen) atoms. The molecule has 2 aromatic carbocycles. The molecule has 2 heterocycles. The number of rotatable bonds is 3. The molecule has 0 spiro atoms. The highest BCUT2D eigenvalue weighted by atomic mass is 35.5. The Labute approximate surface area is 216 Å². The zero-order valence-electron chi connectivity index (χ0n) is 19.3. The summed E-state index contributed by atoms with van der Waals surface area (Å²) >= 11 is 18.8. The number of carbonyl (C=O) groups excluding carboxylic acids is 2. The highest BCUT2D eigenvalue weighted by Crippen LogP contribution is 2.40. The summed E-state index contributed by atoms with van der Waals surface area (Å²) in [6, 6.07) is 14.0. The Hall–Kier alpha value is -3.19. The molecule has 0 N–H and O–H groups in total. The van der Waals surface area contributed by atoms with Crippen LogP contribution in [-0.2, 0) is 16.6 Å². The molecule has 0 saturated carbocycles. The Morgan fingerprint density at radius 3 is 2.06 bits per heavy atom. The van der Waals surface area contributed by atoms with E-state index in [0.29, 0.717) is 42.9 Å². The van der Waals surface area contributed by atoms with Gasteiger partial charge in [-0.25, -0.2) is 9.88 Å². The second kappa shape index (κ2) is 9.46. The molecule has 0 fully saturated rings. The first kappa shape index (κ1) is 24.9. The van der Waals surface area contributed by atoms with Crippen LogP contribution >= 0.6 is 34.8 Å². The summed E-state index contributed by atoms with van der Waals surface area (Å²) in [5.41, 5.74) is 2.94. The first-order valence-electron chi connectivity index (χ1n) is 10.6. The van der Waals surface area contributed by atoms with Crippen molar-refractivity contribution in [3.05, 3.63) is 79.5 Å². The average Bonchev–Trinajstić information content (AvgIpc) is 2.80. The van der Waals surface area contributed by atoms with Crippen LogP contribution in [0.25, 0.3) is 33.4 Å². The maximum Gasteiger partial charge on any atom is 0.256 e. The molecule has 0 aliphatic heterocycles. The van der Waals surface area contributed by atoms with Gasteiger partial charge in [-0.3, -0.25) is 19.0 Å². The summed E-state index contributed by atoms with van der Waals surface area (Å²) in [4.78, 5) is 43.9. The molecular weight excluding hydrogens is 509 g/mol. The van der Waals surface area contributed by atoms with E-state index in [1.54, 1.807) is 44.3 Å². The molecule has 0 atom stereocenters. The third-order valence-corrected chi connectivity index (χ3v) is 6.55. The Morgan fingerprint density at radius 1 is 0.886 bits per heavy atom. The van der Waals surface area contributed by atoms with E-state index >= 15 is 0 Å². The van der Waals surface area contributed by atoms with Crippen molar-refractivity contribution in [1.29, 1.82) is 0 Å². The molecule has 2 amide bonds. The minimum absolute atomic E-state index is 0.208. The summed E-state index contributed by atoms with van der Waals surface area (Å²) in [5.74, 6) is -1.01. The molecule has 0 unspecified atom stereocenters. The Balaban J connectivity index is 2.21. The number of hydrogen-bond acceptors (Lipinski definition) is 4. The van der Waals surface area contributed by atoms with Gasteiger partial charge in [0, 0.05) is 53.0 Å². The molecule has 2 aromatic heterocycles. The van der Waals surface area contributed by atoms with Crippen molar-refractivity contribution in [1.82, 2.24) is 9.55 Å². The number of hydrogen-bond donors (Lipinski definition) is 0. The highest BCUT2D eigenvalue weighted by Gasteiger charge is 2.26. The third kappa shape index (κ3) is 4.45. The molecule has 0 aliphatic rings. The molecule has 9 heteroatoms. The number of carbonyl (C=O) groups is 2. The van der Waals surface area contributed by atoms with Gasteiger partial charge in [-0.15, -0.1) is 0 Å². The van der Waals surface area contributed by atoms with Crippen LogP contribution in [0.15, 0.2) is 53.3 Å². The van der Waals surface area contributed by atoms with E-state index in [4.69, 9.17) is 39.8 Å². The predicted octanol–water partition coefficient (Wildman–Crippen LogP) is 6.44. The maximum absolute atomic E-state index is 13.1. The fourth-order valence-corrected chi connectivity index (χ4v) is 4.77. The molecular formula is C26H20Cl3N3O3. The van der Waals surface area contributed by atoms with E-state index in [1.165, 1.54) is 18.4 Å². The number of imide groups is 1. The van der Waals surface area contributed by atoms with Crippen molar-refractivity contribution in [2.24, 2.45) is 7.05 Å². The van der Waals surface area contributed by atoms with Crippen LogP contribution < -0.4 is 10.5 Å². The van der Waals surface area contributed by atoms with Gasteiger partial charge in [0.1, 0.15) is 5.65 Å². The van der Waals surface area contributed by atoms with E-state index in [2.05, 4.69) is 0 Å². The maximum atomic E-state index is 13.1. The summed E-state index contributed by atoms with van der Waals surface area (Å²) in [7, 11) is 1.59. The lowest BCUT2D eigenvalue weighted by Gasteiger charge is -2.23. The minimum Gasteiger partial charge on any atom is -0.295 e. The van der Waals surface area contributed by atoms with Crippen molar-refractivity contribution in [2.75, 3.05) is 4.90 Å². The van der Waals surface area contributed by atoms with Crippen molar-refractivity contribution in [2.45, 2.75) is 20.8 Å². The highest BCUT2D eigenvalue weighted by molar-refractivity contribution is 6.36. The van der Waals surface area contributed by atoms with Gasteiger partial charge in [-0.05, 0) is 48.9 Å². The van der Waals surface area contributed by atoms with Gasteiger partial charge in [0.25, 0.3) is 5.56 Å². The van der Waals surface area contributed by atoms with Crippen LogP contribution in [0.1, 0.15) is 19.4 Å². The van der Waals surface area contributed by atoms with E-state index in [9.17, 15) is 14.4 Å². The smallest absolute Gasteiger partial charge is 0.256 e. The number of halogens is 3. The van der Waals surface area contributed by atoms with Crippen LogP contribution in [-0.4, -0.2) is 21.4 Å². The average molecular weight is 529 g/mol. The molecule has 0 aliphatic carbocycles. The number of aryl methyl sites for hydroxylation is 1. The Kier molecular flexibility index (Phi) is 6.73. The first-order valence-corrected chi connectivity index (χ1v) is 11.7. The molecule has 4 rings (SSSR count). The van der Waals surface area contributed by atoms with E-state index < -0.39 is 11.8 Å². The van der Waals surface area contributed by atoms with Crippen LogP contribution in [0.3, 0.4) is 0 Å². The SMILES string of the molecule is CC(=O)N(C(C)=O)c1c(C)c(=O)n(C)c2nc(-c3ccc(Cl)cc3Cl)c(-c3ccc(Cl)cc3)cc12. The lowest BCUT2D eigenvalue weighted by atomic mass is 9.97. The van der Waals surface area contributed by atoms with Gasteiger partial charge in [0.05, 0.1) is 16.4 Å². The van der Waals surface area contributed by atoms with Gasteiger partial charge in [-0.2, -0.15) is 0 Å². The number of pyridine rings is 2. The number of amides is 2. The lowest BCUT2D eigenvalue weighted by molar-refractivity contribution is -0.124. The summed E-state index contributed by atoms with van der Waals surface area (Å²) in [5, 5.41) is 1.88. The summed E-state index contributed by atoms with van der Waals surface area (Å²) < 4.78 is 1.39. The minimum atomic E-state index is -0.506. The normalized spacial score (nSPS) is 11.1. The van der Waals surface area contributed by atoms with Crippen LogP contribution in [0.5, 0.6) is 0 Å². The number of aromatic nitrogens is 2. The van der Waals surface area contributed by atoms with Gasteiger partial charge in [0.2, 0.25) is 11.8 Å². The zero-order valence-corrected chi connectivity index (χ0v) is 21.6. The standard InChI is InChI=1S/C26H20Cl3N3O3/c1-13-24(32(14(2)33)15(3)34)21-12-20(16-5-7-17(27)8-6-16)23(30-25(21)31(4)26(13)35)19-10-9-18(28)11-22(19)29/h5-12H,1-4H3. The van der Waals surface area contributed by atoms with Gasteiger partial charge < -0.3 is 0 Å². The number of fused-ring (bicyclic) bond motifs is 1. The largest absolute Gasteiger partial charge is 0.295 e. The number of nitrogens with zero attached hydrogens (tertiary/aromatic N) is 3. The van der Waals surface area contributed by atoms with Gasteiger partial charge in [0.15, 0.2) is 0 Å². The zero-order chi connectivity index (χ0) is 25.6. The molecule has 0 bridgehead atoms. The molecule has 6 nitrogen and oxygen atoms in total. The Bertz CT molecular complexity index is 1560. The molecule has 4 aromatic rings. The predicted molar refractivity (Wildman–Crippen MR) is 141 cm³/mol. The first-order chi connectivity index (χ1) is 16.5.